The van der Waals surface area contributed by atoms with Crippen molar-refractivity contribution in [1.29, 1.82) is 0 Å². The van der Waals surface area contributed by atoms with Gasteiger partial charge < -0.3 is 26.0 Å². The van der Waals surface area contributed by atoms with Crippen LogP contribution in [-0.2, 0) is 13.0 Å². The summed E-state index contributed by atoms with van der Waals surface area (Å²) in [5, 5.41) is 6.01. The van der Waals surface area contributed by atoms with Gasteiger partial charge in [-0.2, -0.15) is 0 Å². The summed E-state index contributed by atoms with van der Waals surface area (Å²) in [6.07, 6.45) is 0.737. The lowest BCUT2D eigenvalue weighted by Crippen LogP contribution is -2.43. The van der Waals surface area contributed by atoms with Gasteiger partial charge in [-0.25, -0.2) is 9.18 Å². The summed E-state index contributed by atoms with van der Waals surface area (Å²) in [5.41, 5.74) is 12.7. The second kappa shape index (κ2) is 15.3. The fourth-order valence-corrected chi connectivity index (χ4v) is 6.02. The lowest BCUT2D eigenvalue weighted by molar-refractivity contribution is 0.0986. The molecular weight excluding hydrogens is 650 g/mol. The Hall–Kier alpha value is -4.89. The van der Waals surface area contributed by atoms with Crippen molar-refractivity contribution in [2.75, 3.05) is 18.0 Å². The standard InChI is InChI=1S/C38H34ClFN4O3.ClH/c1-24(31-10-4-5-12-34(31)40)43-38(46)42-17-18-44(35-16-14-29(39)22-36(35)47-30-9-6-7-25(19-30)23-41)37(45)27-13-15-33-28(21-27)20-26-8-2-3-11-32(26)33;/h2-16,19,21-22,24H,17-18,20,23,41H2,1H3,(H2,42,43,46);1H. The Labute approximate surface area is 290 Å². The maximum absolute atomic E-state index is 14.3. The van der Waals surface area contributed by atoms with Crippen LogP contribution in [0.15, 0.2) is 109 Å². The molecule has 5 aromatic rings. The van der Waals surface area contributed by atoms with Crippen molar-refractivity contribution in [1.82, 2.24) is 10.6 Å². The van der Waals surface area contributed by atoms with Gasteiger partial charge >= 0.3 is 6.03 Å². The van der Waals surface area contributed by atoms with Crippen LogP contribution < -0.4 is 26.0 Å². The average Bonchev–Trinajstić information content (AvgIpc) is 3.45. The Morgan fingerprint density at radius 3 is 2.50 bits per heavy atom. The zero-order chi connectivity index (χ0) is 32.9. The molecule has 0 radical (unpaired) electrons. The summed E-state index contributed by atoms with van der Waals surface area (Å²) in [5.74, 6) is 0.236. The summed E-state index contributed by atoms with van der Waals surface area (Å²) in [4.78, 5) is 28.8. The number of benzene rings is 5. The van der Waals surface area contributed by atoms with E-state index in [-0.39, 0.29) is 31.4 Å². The van der Waals surface area contributed by atoms with Gasteiger partial charge in [0, 0.05) is 41.9 Å². The molecule has 3 amide bonds. The van der Waals surface area contributed by atoms with Gasteiger partial charge in [0.2, 0.25) is 0 Å². The van der Waals surface area contributed by atoms with E-state index in [0.29, 0.717) is 39.9 Å². The molecule has 7 nitrogen and oxygen atoms in total. The van der Waals surface area contributed by atoms with Gasteiger partial charge in [-0.3, -0.25) is 4.79 Å². The summed E-state index contributed by atoms with van der Waals surface area (Å²) >= 11 is 6.41. The smallest absolute Gasteiger partial charge is 0.315 e. The molecule has 4 N–H and O–H groups in total. The number of nitrogens with zero attached hydrogens (tertiary/aromatic N) is 1. The Kier molecular flexibility index (Phi) is 11.0. The van der Waals surface area contributed by atoms with E-state index in [1.807, 2.05) is 48.5 Å². The maximum Gasteiger partial charge on any atom is 0.315 e. The number of nitrogens with one attached hydrogen (secondary N) is 2. The molecule has 10 heteroatoms. The predicted molar refractivity (Wildman–Crippen MR) is 191 cm³/mol. The molecule has 0 fully saturated rings. The number of hydrogen-bond acceptors (Lipinski definition) is 4. The highest BCUT2D eigenvalue weighted by atomic mass is 35.5. The third-order valence-electron chi connectivity index (χ3n) is 8.20. The predicted octanol–water partition coefficient (Wildman–Crippen LogP) is 8.43. The first-order valence-electron chi connectivity index (χ1n) is 15.4. The van der Waals surface area contributed by atoms with Crippen LogP contribution in [-0.4, -0.2) is 25.0 Å². The van der Waals surface area contributed by atoms with Crippen LogP contribution >= 0.6 is 24.0 Å². The zero-order valence-corrected chi connectivity index (χ0v) is 27.8. The number of nitrogens with two attached hydrogens (primary N) is 1. The molecule has 0 aromatic heterocycles. The van der Waals surface area contributed by atoms with Gasteiger partial charge in [0.05, 0.1) is 11.7 Å². The molecule has 0 aliphatic heterocycles. The molecule has 1 unspecified atom stereocenters. The summed E-state index contributed by atoms with van der Waals surface area (Å²) in [6, 6.07) is 31.7. The number of amides is 3. The molecule has 5 aromatic carbocycles. The molecule has 1 aliphatic rings. The molecule has 0 bridgehead atoms. The second-order valence-corrected chi connectivity index (χ2v) is 11.8. The molecule has 246 valence electrons. The van der Waals surface area contributed by atoms with Crippen molar-refractivity contribution in [2.24, 2.45) is 5.73 Å². The molecule has 1 aliphatic carbocycles. The van der Waals surface area contributed by atoms with Gasteiger partial charge in [-0.05, 0) is 83.6 Å². The minimum absolute atomic E-state index is 0. The summed E-state index contributed by atoms with van der Waals surface area (Å²) in [7, 11) is 0. The Morgan fingerprint density at radius 1 is 0.917 bits per heavy atom. The number of anilines is 1. The monoisotopic (exact) mass is 684 g/mol. The number of carbonyl (C=O) groups is 2. The van der Waals surface area contributed by atoms with Crippen molar-refractivity contribution in [2.45, 2.75) is 25.9 Å². The number of halogens is 3. The number of fused-ring (bicyclic) bond motifs is 3. The number of hydrogen-bond donors (Lipinski definition) is 3. The average molecular weight is 686 g/mol. The van der Waals surface area contributed by atoms with Crippen molar-refractivity contribution in [3.8, 4) is 22.6 Å². The highest BCUT2D eigenvalue weighted by molar-refractivity contribution is 6.31. The second-order valence-electron chi connectivity index (χ2n) is 11.4. The van der Waals surface area contributed by atoms with Crippen LogP contribution in [0.5, 0.6) is 11.5 Å². The van der Waals surface area contributed by atoms with Crippen LogP contribution in [0.1, 0.15) is 45.6 Å². The normalized spacial score (nSPS) is 11.8. The van der Waals surface area contributed by atoms with E-state index in [1.54, 1.807) is 54.3 Å². The molecule has 6 rings (SSSR count). The highest BCUT2D eigenvalue weighted by Gasteiger charge is 2.25. The Balaban J connectivity index is 0.00000451. The van der Waals surface area contributed by atoms with Crippen LogP contribution in [0.4, 0.5) is 14.9 Å². The number of rotatable bonds is 10. The lowest BCUT2D eigenvalue weighted by Gasteiger charge is -2.26. The van der Waals surface area contributed by atoms with Gasteiger partial charge in [-0.1, -0.05) is 72.3 Å². The molecule has 0 saturated carbocycles. The van der Waals surface area contributed by atoms with Crippen molar-refractivity contribution >= 4 is 41.6 Å². The van der Waals surface area contributed by atoms with E-state index in [4.69, 9.17) is 22.1 Å². The van der Waals surface area contributed by atoms with Crippen LogP contribution in [0, 0.1) is 5.82 Å². The quantitative estimate of drug-likeness (QED) is 0.135. The minimum atomic E-state index is -0.565. The summed E-state index contributed by atoms with van der Waals surface area (Å²) in [6.45, 7) is 2.26. The van der Waals surface area contributed by atoms with Crippen molar-refractivity contribution in [3.05, 3.63) is 148 Å². The van der Waals surface area contributed by atoms with Crippen LogP contribution in [0.3, 0.4) is 0 Å². The first-order chi connectivity index (χ1) is 22.8. The van der Waals surface area contributed by atoms with Gasteiger partial charge in [0.25, 0.3) is 5.91 Å². The topological polar surface area (TPSA) is 96.7 Å². The molecular formula is C38H35Cl2FN4O3. The van der Waals surface area contributed by atoms with Crippen molar-refractivity contribution < 1.29 is 18.7 Å². The van der Waals surface area contributed by atoms with E-state index >= 15 is 0 Å². The number of carbonyl (C=O) groups excluding carboxylic acids is 2. The fourth-order valence-electron chi connectivity index (χ4n) is 5.85. The van der Waals surface area contributed by atoms with Gasteiger partial charge in [0.1, 0.15) is 11.6 Å². The maximum atomic E-state index is 14.3. The Bertz CT molecular complexity index is 1950. The van der Waals surface area contributed by atoms with E-state index in [9.17, 15) is 14.0 Å². The fraction of sp³-hybridized carbons (Fsp3) is 0.158. The minimum Gasteiger partial charge on any atom is -0.455 e. The number of urea groups is 1. The zero-order valence-electron chi connectivity index (χ0n) is 26.2. The lowest BCUT2D eigenvalue weighted by atomic mass is 10.0. The van der Waals surface area contributed by atoms with Crippen LogP contribution in [0.2, 0.25) is 5.02 Å². The number of ether oxygens (including phenoxy) is 1. The molecule has 1 atom stereocenters. The van der Waals surface area contributed by atoms with E-state index in [1.165, 1.54) is 17.2 Å². The van der Waals surface area contributed by atoms with Crippen molar-refractivity contribution in [3.63, 3.8) is 0 Å². The van der Waals surface area contributed by atoms with Crippen LogP contribution in [0.25, 0.3) is 11.1 Å². The van der Waals surface area contributed by atoms with Gasteiger partial charge in [-0.15, -0.1) is 12.4 Å². The molecule has 48 heavy (non-hydrogen) atoms. The molecule has 0 heterocycles. The van der Waals surface area contributed by atoms with E-state index < -0.39 is 17.9 Å². The Morgan fingerprint density at radius 2 is 1.69 bits per heavy atom. The molecule has 0 saturated heterocycles. The highest BCUT2D eigenvalue weighted by Crippen LogP contribution is 2.39. The summed E-state index contributed by atoms with van der Waals surface area (Å²) < 4.78 is 20.6. The first kappa shape index (κ1) is 34.4. The van der Waals surface area contributed by atoms with Gasteiger partial charge in [0.15, 0.2) is 5.75 Å². The molecule has 0 spiro atoms. The SMILES string of the molecule is CC(NC(=O)NCCN(C(=O)c1ccc2c(c1)Cc1ccccc1-2)c1ccc(Cl)cc1Oc1cccc(CN)c1)c1ccccc1F.Cl. The third-order valence-corrected chi connectivity index (χ3v) is 8.44. The van der Waals surface area contributed by atoms with E-state index in [0.717, 1.165) is 23.1 Å². The van der Waals surface area contributed by atoms with E-state index in [2.05, 4.69) is 22.8 Å². The first-order valence-corrected chi connectivity index (χ1v) is 15.8. The largest absolute Gasteiger partial charge is 0.455 e. The third kappa shape index (κ3) is 7.63.